The van der Waals surface area contributed by atoms with E-state index in [1.54, 1.807) is 27.7 Å². The molecule has 156 valence electrons. The van der Waals surface area contributed by atoms with E-state index in [1.807, 2.05) is 49.5 Å². The van der Waals surface area contributed by atoms with Crippen LogP contribution in [0.2, 0.25) is 0 Å². The van der Waals surface area contributed by atoms with Gasteiger partial charge in [-0.1, -0.05) is 18.2 Å². The van der Waals surface area contributed by atoms with Crippen LogP contribution in [0, 0.1) is 25.7 Å². The molecule has 3 aliphatic rings. The van der Waals surface area contributed by atoms with Gasteiger partial charge in [0.05, 0.1) is 31.0 Å². The summed E-state index contributed by atoms with van der Waals surface area (Å²) in [4.78, 5) is 30.3. The predicted molar refractivity (Wildman–Crippen MR) is 112 cm³/mol. The summed E-state index contributed by atoms with van der Waals surface area (Å²) in [6.07, 6.45) is 7.21. The third kappa shape index (κ3) is 2.80. The van der Waals surface area contributed by atoms with E-state index in [4.69, 9.17) is 4.74 Å². The maximum Gasteiger partial charge on any atom is 0.234 e. The predicted octanol–water partition coefficient (Wildman–Crippen LogP) is 1.94. The summed E-state index contributed by atoms with van der Waals surface area (Å²) >= 11 is 0. The molecule has 4 atom stereocenters. The van der Waals surface area contributed by atoms with Crippen molar-refractivity contribution in [2.24, 2.45) is 11.8 Å². The van der Waals surface area contributed by atoms with Gasteiger partial charge >= 0.3 is 0 Å². The smallest absolute Gasteiger partial charge is 0.234 e. The molecule has 5 rings (SSSR count). The molecule has 2 saturated heterocycles. The van der Waals surface area contributed by atoms with Crippen molar-refractivity contribution in [3.63, 3.8) is 0 Å². The number of anilines is 1. The largest absolute Gasteiger partial charge is 0.360 e. The van der Waals surface area contributed by atoms with Crippen LogP contribution in [0.3, 0.4) is 0 Å². The van der Waals surface area contributed by atoms with E-state index in [1.165, 1.54) is 5.56 Å². The van der Waals surface area contributed by atoms with E-state index in [9.17, 15) is 9.59 Å². The number of likely N-dealkylation sites (N-methyl/N-ethyl adjacent to an activating group) is 1. The third-order valence-electron chi connectivity index (χ3n) is 6.79. The molecule has 7 heteroatoms. The molecule has 1 spiro atoms. The lowest BCUT2D eigenvalue weighted by Crippen LogP contribution is -2.45. The van der Waals surface area contributed by atoms with Crippen molar-refractivity contribution in [2.75, 3.05) is 25.0 Å². The van der Waals surface area contributed by atoms with Gasteiger partial charge in [0.1, 0.15) is 5.60 Å². The lowest BCUT2D eigenvalue weighted by molar-refractivity contribution is -0.139. The first-order valence-electron chi connectivity index (χ1n) is 10.4. The minimum Gasteiger partial charge on any atom is -0.360 e. The molecular weight excluding hydrogens is 380 g/mol. The third-order valence-corrected chi connectivity index (χ3v) is 6.79. The number of aryl methyl sites for hydroxylation is 2. The molecule has 4 heterocycles. The number of nitrogens with zero attached hydrogens (tertiary/aromatic N) is 4. The molecule has 0 aliphatic carbocycles. The molecule has 2 amide bonds. The number of aromatic nitrogens is 2. The number of amides is 2. The molecule has 0 unspecified atom stereocenters. The number of hydrogen-bond donors (Lipinski definition) is 0. The van der Waals surface area contributed by atoms with Crippen LogP contribution in [-0.4, -0.2) is 58.3 Å². The van der Waals surface area contributed by atoms with E-state index in [2.05, 4.69) is 12.0 Å². The van der Waals surface area contributed by atoms with Crippen LogP contribution >= 0.6 is 0 Å². The quantitative estimate of drug-likeness (QED) is 0.712. The van der Waals surface area contributed by atoms with Crippen molar-refractivity contribution in [2.45, 2.75) is 32.1 Å². The van der Waals surface area contributed by atoms with Crippen molar-refractivity contribution >= 4 is 17.5 Å². The zero-order valence-corrected chi connectivity index (χ0v) is 17.5. The van der Waals surface area contributed by atoms with Gasteiger partial charge in [-0.25, -0.2) is 0 Å². The topological polar surface area (TPSA) is 67.7 Å². The van der Waals surface area contributed by atoms with Crippen LogP contribution in [0.25, 0.3) is 0 Å². The number of carbonyl (C=O) groups excluding carboxylic acids is 2. The van der Waals surface area contributed by atoms with E-state index in [0.717, 1.165) is 11.3 Å². The average Bonchev–Trinajstić information content (AvgIpc) is 3.50. The van der Waals surface area contributed by atoms with Crippen LogP contribution in [0.15, 0.2) is 48.8 Å². The number of carbonyl (C=O) groups is 2. The highest BCUT2D eigenvalue weighted by Crippen LogP contribution is 2.53. The lowest BCUT2D eigenvalue weighted by atomic mass is 9.76. The summed E-state index contributed by atoms with van der Waals surface area (Å²) in [5.74, 6) is -1.03. The summed E-state index contributed by atoms with van der Waals surface area (Å²) in [6, 6.07) is 7.90. The first-order valence-corrected chi connectivity index (χ1v) is 10.4. The monoisotopic (exact) mass is 406 g/mol. The number of fused-ring (bicyclic) bond motifs is 1. The Kier molecular flexibility index (Phi) is 4.32. The van der Waals surface area contributed by atoms with Gasteiger partial charge in [-0.3, -0.25) is 14.3 Å². The second-order valence-electron chi connectivity index (χ2n) is 8.62. The molecule has 3 aliphatic heterocycles. The van der Waals surface area contributed by atoms with Crippen LogP contribution in [0.5, 0.6) is 0 Å². The zero-order valence-electron chi connectivity index (χ0n) is 17.5. The highest BCUT2D eigenvalue weighted by Gasteiger charge is 2.67. The molecule has 7 nitrogen and oxygen atoms in total. The molecule has 0 radical (unpaired) electrons. The summed E-state index contributed by atoms with van der Waals surface area (Å²) in [6.45, 7) is 5.69. The van der Waals surface area contributed by atoms with Gasteiger partial charge in [-0.2, -0.15) is 5.10 Å². The number of hydrogen-bond acceptors (Lipinski definition) is 4. The summed E-state index contributed by atoms with van der Waals surface area (Å²) < 4.78 is 8.05. The van der Waals surface area contributed by atoms with E-state index < -0.39 is 17.4 Å². The van der Waals surface area contributed by atoms with E-state index in [0.29, 0.717) is 19.6 Å². The van der Waals surface area contributed by atoms with Crippen molar-refractivity contribution < 1.29 is 14.3 Å². The van der Waals surface area contributed by atoms with Gasteiger partial charge in [0, 0.05) is 31.7 Å². The highest BCUT2D eigenvalue weighted by atomic mass is 16.5. The Labute approximate surface area is 175 Å². The van der Waals surface area contributed by atoms with Crippen LogP contribution in [0.1, 0.15) is 11.1 Å². The molecule has 2 bridgehead atoms. The number of benzene rings is 1. The Balaban J connectivity index is 1.38. The Morgan fingerprint density at radius 1 is 1.33 bits per heavy atom. The number of ether oxygens (including phenoxy) is 1. The van der Waals surface area contributed by atoms with Crippen molar-refractivity contribution in [3.05, 3.63) is 59.9 Å². The first kappa shape index (κ1) is 19.1. The van der Waals surface area contributed by atoms with Gasteiger partial charge in [0.25, 0.3) is 0 Å². The van der Waals surface area contributed by atoms with E-state index >= 15 is 0 Å². The van der Waals surface area contributed by atoms with Crippen molar-refractivity contribution in [1.82, 2.24) is 14.7 Å². The normalized spacial score (nSPS) is 29.0. The van der Waals surface area contributed by atoms with Crippen LogP contribution < -0.4 is 4.90 Å². The maximum absolute atomic E-state index is 13.5. The van der Waals surface area contributed by atoms with Gasteiger partial charge in [0.2, 0.25) is 11.8 Å². The molecule has 30 heavy (non-hydrogen) atoms. The minimum atomic E-state index is -0.705. The van der Waals surface area contributed by atoms with Crippen molar-refractivity contribution in [1.29, 1.82) is 0 Å². The van der Waals surface area contributed by atoms with Gasteiger partial charge < -0.3 is 14.5 Å². The molecule has 1 aromatic heterocycles. The lowest BCUT2D eigenvalue weighted by Gasteiger charge is -2.27. The Bertz CT molecular complexity index is 1030. The van der Waals surface area contributed by atoms with Gasteiger partial charge in [-0.05, 0) is 43.2 Å². The summed E-state index contributed by atoms with van der Waals surface area (Å²) in [5.41, 5.74) is 2.49. The van der Waals surface area contributed by atoms with Crippen LogP contribution in [-0.2, 0) is 20.9 Å². The molecule has 0 saturated carbocycles. The van der Waals surface area contributed by atoms with Crippen molar-refractivity contribution in [3.8, 4) is 0 Å². The second-order valence-corrected chi connectivity index (χ2v) is 8.62. The fourth-order valence-electron chi connectivity index (χ4n) is 4.94. The summed E-state index contributed by atoms with van der Waals surface area (Å²) in [5, 5.41) is 4.19. The number of rotatable bonds is 5. The standard InChI is InChI=1S/C23H26N4O3/c1-15-5-6-17(13-16(15)2)27-14-23-8-7-18(30-23)19(20(23)22(27)29)21(28)25(3)11-12-26-10-4-9-24-26/h4-10,13,18-20H,11-12,14H2,1-3H3/t18-,19-,20-,23-/m0/s1. The highest BCUT2D eigenvalue weighted by molar-refractivity contribution is 6.03. The summed E-state index contributed by atoms with van der Waals surface area (Å²) in [7, 11) is 1.79. The molecular formula is C23H26N4O3. The SMILES string of the molecule is Cc1ccc(N2C[C@]34C=C[C@H](O3)[C@H](C(=O)N(C)CCn3cccn3)[C@H]4C2=O)cc1C. The average molecular weight is 406 g/mol. The van der Waals surface area contributed by atoms with Gasteiger partial charge in [0.15, 0.2) is 0 Å². The minimum absolute atomic E-state index is 0.0241. The first-order chi connectivity index (χ1) is 14.4. The fraction of sp³-hybridized carbons (Fsp3) is 0.435. The second kappa shape index (κ2) is 6.80. The Hall–Kier alpha value is -2.93. The fourth-order valence-corrected chi connectivity index (χ4v) is 4.94. The molecule has 1 aromatic carbocycles. The Morgan fingerprint density at radius 3 is 2.90 bits per heavy atom. The maximum atomic E-state index is 13.5. The van der Waals surface area contributed by atoms with Crippen LogP contribution in [0.4, 0.5) is 5.69 Å². The molecule has 2 fully saturated rings. The molecule has 2 aromatic rings. The van der Waals surface area contributed by atoms with E-state index in [-0.39, 0.29) is 17.9 Å². The zero-order chi connectivity index (χ0) is 21.0. The Morgan fingerprint density at radius 2 is 2.17 bits per heavy atom. The van der Waals surface area contributed by atoms with Gasteiger partial charge in [-0.15, -0.1) is 0 Å². The molecule has 0 N–H and O–H groups in total.